The van der Waals surface area contributed by atoms with E-state index in [1.165, 1.54) is 21.9 Å². The normalized spacial score (nSPS) is 24.2. The van der Waals surface area contributed by atoms with E-state index in [0.29, 0.717) is 13.2 Å². The average molecular weight is 408 g/mol. The Morgan fingerprint density at radius 3 is 2.40 bits per heavy atom. The molecule has 1 aliphatic heterocycles. The molecule has 0 aliphatic carbocycles. The van der Waals surface area contributed by atoms with Crippen molar-refractivity contribution in [1.82, 2.24) is 0 Å². The van der Waals surface area contributed by atoms with Crippen LogP contribution in [0.15, 0.2) is 47.7 Å². The molecule has 0 fully saturated rings. The fraction of sp³-hybridized carbons (Fsp3) is 0.462. The van der Waals surface area contributed by atoms with Crippen molar-refractivity contribution in [2.75, 3.05) is 20.3 Å². The van der Waals surface area contributed by atoms with Crippen molar-refractivity contribution >= 4 is 23.3 Å². The molecule has 1 N–H and O–H groups in total. The molecule has 0 aromatic heterocycles. The van der Waals surface area contributed by atoms with Gasteiger partial charge >= 0.3 is 0 Å². The summed E-state index contributed by atoms with van der Waals surface area (Å²) in [5.41, 5.74) is 2.20. The maximum atomic E-state index is 10.9. The van der Waals surface area contributed by atoms with Crippen molar-refractivity contribution in [2.24, 2.45) is 4.99 Å². The zero-order valence-corrected chi connectivity index (χ0v) is 19.4. The van der Waals surface area contributed by atoms with E-state index in [9.17, 15) is 5.11 Å². The number of aliphatic hydroxyl groups is 1. The molecule has 0 saturated carbocycles. The van der Waals surface area contributed by atoms with Gasteiger partial charge in [-0.05, 0) is 54.2 Å². The van der Waals surface area contributed by atoms with Crippen molar-refractivity contribution < 1.29 is 14.4 Å². The van der Waals surface area contributed by atoms with E-state index >= 15 is 0 Å². The quantitative estimate of drug-likeness (QED) is 0.314. The summed E-state index contributed by atoms with van der Waals surface area (Å²) in [7, 11) is 1.71. The highest BCUT2D eigenvalue weighted by atomic mass is 16.5. The second-order valence-electron chi connectivity index (χ2n) is 9.62. The molecule has 3 rings (SSSR count). The lowest BCUT2D eigenvalue weighted by atomic mass is 9.62. The summed E-state index contributed by atoms with van der Waals surface area (Å²) < 4.78 is 7.75. The number of aliphatic imine (C=N–C) groups is 1. The highest BCUT2D eigenvalue weighted by Crippen LogP contribution is 2.48. The van der Waals surface area contributed by atoms with Crippen molar-refractivity contribution in [3.8, 4) is 0 Å². The second kappa shape index (κ2) is 7.66. The van der Waals surface area contributed by atoms with Crippen LogP contribution in [0.2, 0.25) is 0 Å². The summed E-state index contributed by atoms with van der Waals surface area (Å²) in [6.45, 7) is 18.0. The predicted octanol–water partition coefficient (Wildman–Crippen LogP) is 5.37. The van der Waals surface area contributed by atoms with Crippen LogP contribution < -0.4 is 0 Å². The van der Waals surface area contributed by atoms with Gasteiger partial charge in [-0.3, -0.25) is 0 Å². The Hall–Kier alpha value is -2.46. The van der Waals surface area contributed by atoms with Crippen LogP contribution in [0.5, 0.6) is 0 Å². The SMILES string of the molecule is C=C(O)C1(C)[N+](/C=N\CC)=Cc2cc(C(C)(C)C)c3ccccc3c2C1(C)COC. The lowest BCUT2D eigenvalue weighted by Gasteiger charge is -2.47. The van der Waals surface area contributed by atoms with Crippen LogP contribution in [0.1, 0.15) is 58.2 Å². The molecule has 0 amide bonds. The maximum Gasteiger partial charge on any atom is 0.280 e. The Kier molecular flexibility index (Phi) is 5.68. The van der Waals surface area contributed by atoms with Crippen molar-refractivity contribution in [2.45, 2.75) is 57.9 Å². The summed E-state index contributed by atoms with van der Waals surface area (Å²) in [5.74, 6) is 0.0930. The Morgan fingerprint density at radius 2 is 1.87 bits per heavy atom. The lowest BCUT2D eigenvalue weighted by molar-refractivity contribution is -0.502. The molecule has 30 heavy (non-hydrogen) atoms. The van der Waals surface area contributed by atoms with Crippen LogP contribution >= 0.6 is 0 Å². The second-order valence-corrected chi connectivity index (χ2v) is 9.62. The predicted molar refractivity (Wildman–Crippen MR) is 127 cm³/mol. The van der Waals surface area contributed by atoms with Crippen molar-refractivity contribution in [3.63, 3.8) is 0 Å². The maximum absolute atomic E-state index is 10.9. The largest absolute Gasteiger partial charge is 0.508 e. The van der Waals surface area contributed by atoms with E-state index < -0.39 is 11.0 Å². The first-order valence-corrected chi connectivity index (χ1v) is 10.6. The molecule has 4 heteroatoms. The molecule has 2 aromatic carbocycles. The first-order valence-electron chi connectivity index (χ1n) is 10.6. The van der Waals surface area contributed by atoms with Gasteiger partial charge in [0.1, 0.15) is 12.3 Å². The highest BCUT2D eigenvalue weighted by molar-refractivity contribution is 5.98. The van der Waals surface area contributed by atoms with E-state index in [-0.39, 0.29) is 11.2 Å². The fourth-order valence-electron chi connectivity index (χ4n) is 4.83. The average Bonchev–Trinajstić information content (AvgIpc) is 2.68. The third-order valence-electron chi connectivity index (χ3n) is 6.69. The van der Waals surface area contributed by atoms with Gasteiger partial charge in [-0.25, -0.2) is 4.58 Å². The third kappa shape index (κ3) is 3.18. The highest BCUT2D eigenvalue weighted by Gasteiger charge is 2.57. The molecule has 0 saturated heterocycles. The zero-order chi connectivity index (χ0) is 22.3. The van der Waals surface area contributed by atoms with Crippen LogP contribution in [-0.4, -0.2) is 48.0 Å². The summed E-state index contributed by atoms with van der Waals surface area (Å²) in [6, 6.07) is 10.8. The van der Waals surface area contributed by atoms with Gasteiger partial charge in [0.15, 0.2) is 5.54 Å². The number of aliphatic hydroxyl groups excluding tert-OH is 1. The van der Waals surface area contributed by atoms with Gasteiger partial charge in [0, 0.05) is 12.7 Å². The number of rotatable bonds is 5. The number of fused-ring (bicyclic) bond motifs is 3. The van der Waals surface area contributed by atoms with Crippen molar-refractivity contribution in [1.29, 1.82) is 0 Å². The van der Waals surface area contributed by atoms with Crippen LogP contribution in [-0.2, 0) is 15.6 Å². The zero-order valence-electron chi connectivity index (χ0n) is 19.4. The van der Waals surface area contributed by atoms with Crippen molar-refractivity contribution in [3.05, 3.63) is 59.4 Å². The minimum absolute atomic E-state index is 0.0101. The smallest absolute Gasteiger partial charge is 0.280 e. The minimum Gasteiger partial charge on any atom is -0.508 e. The number of benzene rings is 2. The fourth-order valence-corrected chi connectivity index (χ4v) is 4.83. The molecule has 0 radical (unpaired) electrons. The van der Waals surface area contributed by atoms with Crippen LogP contribution in [0.3, 0.4) is 0 Å². The molecular weight excluding hydrogens is 372 g/mol. The Balaban J connectivity index is 2.54. The van der Waals surface area contributed by atoms with Gasteiger partial charge in [0.05, 0.1) is 18.2 Å². The number of hydrogen-bond acceptors (Lipinski definition) is 3. The monoisotopic (exact) mass is 407 g/mol. The molecule has 0 bridgehead atoms. The first-order chi connectivity index (χ1) is 14.0. The molecule has 0 spiro atoms. The molecule has 2 atom stereocenters. The molecule has 1 heterocycles. The van der Waals surface area contributed by atoms with E-state index in [4.69, 9.17) is 4.74 Å². The van der Waals surface area contributed by atoms with Gasteiger partial charge in [0.25, 0.3) is 6.34 Å². The van der Waals surface area contributed by atoms with Gasteiger partial charge in [0.2, 0.25) is 0 Å². The number of hydrogen-bond donors (Lipinski definition) is 1. The van der Waals surface area contributed by atoms with E-state index in [0.717, 1.165) is 5.56 Å². The van der Waals surface area contributed by atoms with Crippen LogP contribution in [0.4, 0.5) is 0 Å². The van der Waals surface area contributed by atoms with E-state index in [1.54, 1.807) is 7.11 Å². The van der Waals surface area contributed by atoms with Gasteiger partial charge in [-0.1, -0.05) is 56.6 Å². The van der Waals surface area contributed by atoms with Gasteiger partial charge < -0.3 is 9.84 Å². The Bertz CT molecular complexity index is 1040. The number of ether oxygens (including phenoxy) is 1. The topological polar surface area (TPSA) is 44.8 Å². The summed E-state index contributed by atoms with van der Waals surface area (Å²) in [4.78, 5) is 4.48. The number of nitrogens with zero attached hydrogens (tertiary/aromatic N) is 2. The molecule has 4 nitrogen and oxygen atoms in total. The van der Waals surface area contributed by atoms with Crippen LogP contribution in [0, 0.1) is 0 Å². The molecule has 160 valence electrons. The molecular formula is C26H35N2O2+. The Labute approximate surface area is 180 Å². The lowest BCUT2D eigenvalue weighted by Crippen LogP contribution is -2.61. The minimum atomic E-state index is -0.819. The van der Waals surface area contributed by atoms with E-state index in [1.807, 2.05) is 24.8 Å². The van der Waals surface area contributed by atoms with Gasteiger partial charge in [-0.15, -0.1) is 0 Å². The summed E-state index contributed by atoms with van der Waals surface area (Å²) >= 11 is 0. The van der Waals surface area contributed by atoms with E-state index in [2.05, 4.69) is 75.8 Å². The third-order valence-corrected chi connectivity index (χ3v) is 6.69. The molecule has 2 unspecified atom stereocenters. The Morgan fingerprint density at radius 1 is 1.23 bits per heavy atom. The molecule has 2 aromatic rings. The van der Waals surface area contributed by atoms with Crippen LogP contribution in [0.25, 0.3) is 10.8 Å². The van der Waals surface area contributed by atoms with Gasteiger partial charge in [-0.2, -0.15) is 0 Å². The standard InChI is InChI=1S/C26H34N2O2/c1-9-27-17-28-15-19-14-22(24(3,4)5)20-12-10-11-13-21(20)23(19)25(6,16-30-8)26(28,7)18(2)29/h10-15,17H,2,9,16H2,1,3-8H3/p+1/b27-17-. The molecule has 1 aliphatic rings. The summed E-state index contributed by atoms with van der Waals surface area (Å²) in [6.07, 6.45) is 3.90. The number of methoxy groups -OCH3 is 1. The summed E-state index contributed by atoms with van der Waals surface area (Å²) in [5, 5.41) is 13.3. The first kappa shape index (κ1) is 22.2.